The Hall–Kier alpha value is -1.95. The van der Waals surface area contributed by atoms with Crippen molar-refractivity contribution in [1.29, 1.82) is 0 Å². The summed E-state index contributed by atoms with van der Waals surface area (Å²) >= 11 is 0.887. The molecular formula is C14H13NO4S. The van der Waals surface area contributed by atoms with Crippen LogP contribution in [0.4, 0.5) is 4.79 Å². The maximum absolute atomic E-state index is 11.6. The molecule has 1 aromatic carbocycles. The van der Waals surface area contributed by atoms with Crippen LogP contribution in [0.25, 0.3) is 6.08 Å². The van der Waals surface area contributed by atoms with E-state index < -0.39 is 0 Å². The van der Waals surface area contributed by atoms with Crippen LogP contribution in [0.1, 0.15) is 18.1 Å². The van der Waals surface area contributed by atoms with Crippen LogP contribution in [0, 0.1) is 0 Å². The largest absolute Gasteiger partial charge is 0.496 e. The number of imide groups is 1. The number of amides is 2. The van der Waals surface area contributed by atoms with Crippen LogP contribution in [-0.2, 0) is 11.2 Å². The lowest BCUT2D eigenvalue weighted by atomic mass is 10.1. The zero-order valence-corrected chi connectivity index (χ0v) is 11.9. The van der Waals surface area contributed by atoms with Crippen molar-refractivity contribution < 1.29 is 19.1 Å². The molecule has 1 N–H and O–H groups in total. The zero-order chi connectivity index (χ0) is 14.3. The van der Waals surface area contributed by atoms with Gasteiger partial charge < -0.3 is 9.47 Å². The fraction of sp³-hybridized carbons (Fsp3) is 0.286. The summed E-state index contributed by atoms with van der Waals surface area (Å²) in [6, 6.07) is 3.77. The van der Waals surface area contributed by atoms with E-state index in [1.54, 1.807) is 13.2 Å². The zero-order valence-electron chi connectivity index (χ0n) is 11.1. The molecular weight excluding hydrogens is 278 g/mol. The number of carbonyl (C=O) groups is 2. The lowest BCUT2D eigenvalue weighted by Crippen LogP contribution is -2.17. The van der Waals surface area contributed by atoms with Gasteiger partial charge in [0, 0.05) is 17.5 Å². The molecule has 5 nitrogen and oxygen atoms in total. The number of methoxy groups -OCH3 is 1. The summed E-state index contributed by atoms with van der Waals surface area (Å²) in [5.74, 6) is 1.10. The average molecular weight is 291 g/mol. The molecule has 3 rings (SSSR count). The van der Waals surface area contributed by atoms with E-state index >= 15 is 0 Å². The first-order chi connectivity index (χ1) is 9.56. The Morgan fingerprint density at radius 2 is 2.25 bits per heavy atom. The third-order valence-electron chi connectivity index (χ3n) is 3.18. The minimum Gasteiger partial charge on any atom is -0.496 e. The van der Waals surface area contributed by atoms with Crippen molar-refractivity contribution in [3.05, 3.63) is 28.2 Å². The third-order valence-corrected chi connectivity index (χ3v) is 3.99. The molecule has 0 spiro atoms. The Balaban J connectivity index is 2.02. The summed E-state index contributed by atoms with van der Waals surface area (Å²) in [5, 5.41) is 1.87. The predicted octanol–water partition coefficient (Wildman–Crippen LogP) is 2.34. The number of carbonyl (C=O) groups excluding carboxylic acids is 2. The molecule has 2 aliphatic heterocycles. The van der Waals surface area contributed by atoms with Gasteiger partial charge in [0.25, 0.3) is 11.1 Å². The number of ether oxygens (including phenoxy) is 2. The molecule has 1 unspecified atom stereocenters. The van der Waals surface area contributed by atoms with Crippen molar-refractivity contribution in [2.24, 2.45) is 0 Å². The van der Waals surface area contributed by atoms with Crippen molar-refractivity contribution in [2.45, 2.75) is 19.4 Å². The van der Waals surface area contributed by atoms with E-state index in [9.17, 15) is 9.59 Å². The van der Waals surface area contributed by atoms with Crippen LogP contribution in [0.15, 0.2) is 17.0 Å². The van der Waals surface area contributed by atoms with E-state index in [4.69, 9.17) is 9.47 Å². The van der Waals surface area contributed by atoms with E-state index in [2.05, 4.69) is 5.32 Å². The number of benzene rings is 1. The van der Waals surface area contributed by atoms with Crippen molar-refractivity contribution in [1.82, 2.24) is 5.32 Å². The monoisotopic (exact) mass is 291 g/mol. The molecule has 0 bridgehead atoms. The predicted molar refractivity (Wildman–Crippen MR) is 75.9 cm³/mol. The lowest BCUT2D eigenvalue weighted by Gasteiger charge is -2.08. The molecule has 6 heteroatoms. The van der Waals surface area contributed by atoms with Gasteiger partial charge in [0.15, 0.2) is 0 Å². The first-order valence-electron chi connectivity index (χ1n) is 6.19. The highest BCUT2D eigenvalue weighted by molar-refractivity contribution is 8.18. The number of rotatable bonds is 2. The first kappa shape index (κ1) is 13.1. The van der Waals surface area contributed by atoms with Gasteiger partial charge in [-0.2, -0.15) is 0 Å². The highest BCUT2D eigenvalue weighted by Crippen LogP contribution is 2.37. The molecule has 0 aromatic heterocycles. The fourth-order valence-electron chi connectivity index (χ4n) is 2.31. The third kappa shape index (κ3) is 2.27. The summed E-state index contributed by atoms with van der Waals surface area (Å²) in [5.41, 5.74) is 1.82. The van der Waals surface area contributed by atoms with Gasteiger partial charge in [0.2, 0.25) is 0 Å². The second-order valence-electron chi connectivity index (χ2n) is 4.69. The van der Waals surface area contributed by atoms with Gasteiger partial charge in [-0.3, -0.25) is 14.9 Å². The molecule has 104 valence electrons. The Kier molecular flexibility index (Phi) is 3.17. The molecule has 2 heterocycles. The van der Waals surface area contributed by atoms with Crippen LogP contribution in [0.2, 0.25) is 0 Å². The molecule has 1 fully saturated rings. The molecule has 2 aliphatic rings. The maximum Gasteiger partial charge on any atom is 0.290 e. The molecule has 1 aromatic rings. The van der Waals surface area contributed by atoms with Crippen molar-refractivity contribution in [2.75, 3.05) is 7.11 Å². The normalized spacial score (nSPS) is 22.7. The first-order valence-corrected chi connectivity index (χ1v) is 7.01. The molecule has 0 aliphatic carbocycles. The minimum absolute atomic E-state index is 0.142. The van der Waals surface area contributed by atoms with Gasteiger partial charge in [-0.1, -0.05) is 0 Å². The molecule has 0 saturated carbocycles. The molecule has 0 radical (unpaired) electrons. The number of thioether (sulfide) groups is 1. The van der Waals surface area contributed by atoms with Gasteiger partial charge in [0.05, 0.1) is 12.0 Å². The second kappa shape index (κ2) is 4.86. The second-order valence-corrected chi connectivity index (χ2v) is 5.70. The van der Waals surface area contributed by atoms with Gasteiger partial charge in [0.1, 0.15) is 17.6 Å². The molecule has 2 amide bonds. The van der Waals surface area contributed by atoms with E-state index in [0.29, 0.717) is 10.7 Å². The van der Waals surface area contributed by atoms with Gasteiger partial charge in [-0.25, -0.2) is 0 Å². The molecule has 1 saturated heterocycles. The smallest absolute Gasteiger partial charge is 0.290 e. The van der Waals surface area contributed by atoms with Gasteiger partial charge in [-0.05, 0) is 36.9 Å². The number of fused-ring (bicyclic) bond motifs is 1. The van der Waals surface area contributed by atoms with Crippen molar-refractivity contribution in [3.8, 4) is 11.5 Å². The van der Waals surface area contributed by atoms with Crippen molar-refractivity contribution >= 4 is 29.0 Å². The SMILES string of the molecule is COc1cc2c(cc1/C=C1\SC(=O)NC1=O)OC(C)C2. The highest BCUT2D eigenvalue weighted by atomic mass is 32.2. The number of nitrogens with one attached hydrogen (secondary N) is 1. The van der Waals surface area contributed by atoms with Crippen LogP contribution in [0.5, 0.6) is 11.5 Å². The standard InChI is InChI=1S/C14H13NO4S/c1-7-3-8-4-10(18-2)9(5-11(8)19-7)6-12-13(16)15-14(17)20-12/h4-7H,3H2,1-2H3,(H,15,16,17)/b12-6-. The Morgan fingerprint density at radius 3 is 2.90 bits per heavy atom. The van der Waals surface area contributed by atoms with Crippen LogP contribution >= 0.6 is 11.8 Å². The topological polar surface area (TPSA) is 64.6 Å². The summed E-state index contributed by atoms with van der Waals surface area (Å²) in [6.07, 6.45) is 2.63. The Morgan fingerprint density at radius 1 is 1.45 bits per heavy atom. The number of hydrogen-bond acceptors (Lipinski definition) is 5. The van der Waals surface area contributed by atoms with Crippen LogP contribution in [0.3, 0.4) is 0 Å². The molecule has 20 heavy (non-hydrogen) atoms. The maximum atomic E-state index is 11.6. The van der Waals surface area contributed by atoms with Crippen LogP contribution in [-0.4, -0.2) is 24.4 Å². The summed E-state index contributed by atoms with van der Waals surface area (Å²) < 4.78 is 11.1. The van der Waals surface area contributed by atoms with E-state index in [0.717, 1.165) is 35.1 Å². The quantitative estimate of drug-likeness (QED) is 0.847. The lowest BCUT2D eigenvalue weighted by molar-refractivity contribution is -0.115. The Labute approximate surface area is 120 Å². The Bertz CT molecular complexity index is 638. The summed E-state index contributed by atoms with van der Waals surface area (Å²) in [4.78, 5) is 23.1. The van der Waals surface area contributed by atoms with E-state index in [1.807, 2.05) is 19.1 Å². The van der Waals surface area contributed by atoms with E-state index in [-0.39, 0.29) is 17.3 Å². The highest BCUT2D eigenvalue weighted by Gasteiger charge is 2.26. The molecule has 1 atom stereocenters. The van der Waals surface area contributed by atoms with Gasteiger partial charge >= 0.3 is 0 Å². The van der Waals surface area contributed by atoms with Crippen molar-refractivity contribution in [3.63, 3.8) is 0 Å². The average Bonchev–Trinajstić information content (AvgIpc) is 2.90. The van der Waals surface area contributed by atoms with E-state index in [1.165, 1.54) is 0 Å². The van der Waals surface area contributed by atoms with Crippen LogP contribution < -0.4 is 14.8 Å². The fourth-order valence-corrected chi connectivity index (χ4v) is 2.98. The summed E-state index contributed by atoms with van der Waals surface area (Å²) in [7, 11) is 1.58. The summed E-state index contributed by atoms with van der Waals surface area (Å²) in [6.45, 7) is 2.00. The van der Waals surface area contributed by atoms with Gasteiger partial charge in [-0.15, -0.1) is 0 Å². The minimum atomic E-state index is -0.378. The number of hydrogen-bond donors (Lipinski definition) is 1.